The fraction of sp³-hybridized carbons (Fsp3) is 1.00. The zero-order valence-corrected chi connectivity index (χ0v) is 10.2. The first-order chi connectivity index (χ1) is 7.72. The van der Waals surface area contributed by atoms with Crippen LogP contribution < -0.4 is 5.73 Å². The van der Waals surface area contributed by atoms with E-state index in [2.05, 4.69) is 0 Å². The Morgan fingerprint density at radius 1 is 1.25 bits per heavy atom. The number of hydrogen-bond acceptors (Lipinski definition) is 3. The number of hydrogen-bond donors (Lipinski definition) is 2. The Hall–Kier alpha value is -0.120. The predicted molar refractivity (Wildman–Crippen MR) is 64.2 cm³/mol. The zero-order valence-electron chi connectivity index (χ0n) is 10.2. The van der Waals surface area contributed by atoms with Crippen LogP contribution in [0.3, 0.4) is 0 Å². The molecule has 0 amide bonds. The highest BCUT2D eigenvalue weighted by Gasteiger charge is 2.32. The molecule has 2 saturated carbocycles. The van der Waals surface area contributed by atoms with Crippen molar-refractivity contribution in [2.24, 2.45) is 11.7 Å². The van der Waals surface area contributed by atoms with Crippen LogP contribution in [0.4, 0.5) is 0 Å². The largest absolute Gasteiger partial charge is 0.394 e. The summed E-state index contributed by atoms with van der Waals surface area (Å²) in [4.78, 5) is 0. The normalized spacial score (nSPS) is 36.0. The number of nitrogens with two attached hydrogens (primary N) is 1. The van der Waals surface area contributed by atoms with Gasteiger partial charge in [0.2, 0.25) is 0 Å². The van der Waals surface area contributed by atoms with Crippen molar-refractivity contribution in [2.75, 3.05) is 13.2 Å². The van der Waals surface area contributed by atoms with Gasteiger partial charge in [-0.05, 0) is 38.0 Å². The first-order valence-electron chi connectivity index (χ1n) is 6.73. The summed E-state index contributed by atoms with van der Waals surface area (Å²) in [5, 5.41) is 9.25. The molecule has 2 aliphatic carbocycles. The molecule has 0 aliphatic heterocycles. The lowest BCUT2D eigenvalue weighted by molar-refractivity contribution is -0.0132. The van der Waals surface area contributed by atoms with E-state index in [9.17, 15) is 5.11 Å². The second-order valence-electron chi connectivity index (χ2n) is 5.70. The van der Waals surface area contributed by atoms with E-state index in [1.165, 1.54) is 25.7 Å². The maximum absolute atomic E-state index is 9.25. The van der Waals surface area contributed by atoms with Crippen molar-refractivity contribution in [3.05, 3.63) is 0 Å². The van der Waals surface area contributed by atoms with E-state index in [4.69, 9.17) is 10.5 Å². The van der Waals surface area contributed by atoms with Gasteiger partial charge in [0.25, 0.3) is 0 Å². The van der Waals surface area contributed by atoms with Gasteiger partial charge < -0.3 is 15.6 Å². The summed E-state index contributed by atoms with van der Waals surface area (Å²) < 4.78 is 5.90. The molecule has 0 aromatic carbocycles. The molecule has 3 N–H and O–H groups in total. The van der Waals surface area contributed by atoms with Crippen LogP contribution in [-0.2, 0) is 4.74 Å². The number of ether oxygens (including phenoxy) is 1. The summed E-state index contributed by atoms with van der Waals surface area (Å²) in [5.74, 6) is 0.920. The third kappa shape index (κ3) is 3.19. The van der Waals surface area contributed by atoms with Gasteiger partial charge in [0.1, 0.15) is 0 Å². The number of rotatable bonds is 5. The maximum atomic E-state index is 9.25. The molecule has 2 fully saturated rings. The first kappa shape index (κ1) is 12.3. The molecule has 94 valence electrons. The monoisotopic (exact) mass is 227 g/mol. The maximum Gasteiger partial charge on any atom is 0.0612 e. The lowest BCUT2D eigenvalue weighted by Gasteiger charge is -2.36. The summed E-state index contributed by atoms with van der Waals surface area (Å²) in [6, 6.07) is 0. The minimum Gasteiger partial charge on any atom is -0.394 e. The van der Waals surface area contributed by atoms with Gasteiger partial charge in [-0.25, -0.2) is 0 Å². The highest BCUT2D eigenvalue weighted by Crippen LogP contribution is 2.31. The van der Waals surface area contributed by atoms with Crippen LogP contribution in [0.25, 0.3) is 0 Å². The van der Waals surface area contributed by atoms with Crippen molar-refractivity contribution in [3.63, 3.8) is 0 Å². The lowest BCUT2D eigenvalue weighted by atomic mass is 9.81. The van der Waals surface area contributed by atoms with Gasteiger partial charge in [0.05, 0.1) is 12.7 Å². The molecule has 0 heterocycles. The minimum atomic E-state index is -0.376. The van der Waals surface area contributed by atoms with Crippen molar-refractivity contribution in [2.45, 2.75) is 63.0 Å². The van der Waals surface area contributed by atoms with Gasteiger partial charge in [0, 0.05) is 12.1 Å². The van der Waals surface area contributed by atoms with Crippen LogP contribution in [0.5, 0.6) is 0 Å². The van der Waals surface area contributed by atoms with Crippen LogP contribution in [0.1, 0.15) is 51.4 Å². The van der Waals surface area contributed by atoms with Gasteiger partial charge in [-0.1, -0.05) is 19.3 Å². The molecule has 2 aliphatic rings. The molecular weight excluding hydrogens is 202 g/mol. The molecule has 0 bridgehead atoms. The van der Waals surface area contributed by atoms with E-state index in [1.807, 2.05) is 0 Å². The van der Waals surface area contributed by atoms with E-state index < -0.39 is 0 Å². The number of aliphatic hydroxyl groups excluding tert-OH is 1. The summed E-state index contributed by atoms with van der Waals surface area (Å²) in [5.41, 5.74) is 5.71. The fourth-order valence-corrected chi connectivity index (χ4v) is 2.81. The smallest absolute Gasteiger partial charge is 0.0612 e. The lowest BCUT2D eigenvalue weighted by Crippen LogP contribution is -2.49. The van der Waals surface area contributed by atoms with Crippen LogP contribution in [0, 0.1) is 5.92 Å². The number of aliphatic hydroxyl groups is 1. The summed E-state index contributed by atoms with van der Waals surface area (Å²) in [6.07, 6.45) is 9.66. The molecule has 0 saturated heterocycles. The Balaban J connectivity index is 1.64. The van der Waals surface area contributed by atoms with E-state index >= 15 is 0 Å². The standard InChI is InChI=1S/C13H25NO2/c14-13(10-15)7-2-5-12(9-13)16-8-6-11-3-1-4-11/h11-12,15H,1-10,14H2. The van der Waals surface area contributed by atoms with E-state index in [-0.39, 0.29) is 18.2 Å². The van der Waals surface area contributed by atoms with Crippen LogP contribution in [0.2, 0.25) is 0 Å². The van der Waals surface area contributed by atoms with Crippen molar-refractivity contribution in [1.29, 1.82) is 0 Å². The topological polar surface area (TPSA) is 55.5 Å². The zero-order chi connectivity index (χ0) is 11.4. The second-order valence-corrected chi connectivity index (χ2v) is 5.70. The van der Waals surface area contributed by atoms with Gasteiger partial charge in [0.15, 0.2) is 0 Å². The molecule has 2 rings (SSSR count). The van der Waals surface area contributed by atoms with Crippen molar-refractivity contribution >= 4 is 0 Å². The molecule has 3 heteroatoms. The van der Waals surface area contributed by atoms with Crippen molar-refractivity contribution in [3.8, 4) is 0 Å². The SMILES string of the molecule is NC1(CO)CCCC(OCCC2CCC2)C1. The fourth-order valence-electron chi connectivity index (χ4n) is 2.81. The van der Waals surface area contributed by atoms with E-state index in [1.54, 1.807) is 0 Å². The first-order valence-corrected chi connectivity index (χ1v) is 6.73. The second kappa shape index (κ2) is 5.48. The molecule has 0 spiro atoms. The van der Waals surface area contributed by atoms with Gasteiger partial charge in [-0.3, -0.25) is 0 Å². The highest BCUT2D eigenvalue weighted by atomic mass is 16.5. The van der Waals surface area contributed by atoms with E-state index in [0.717, 1.165) is 38.2 Å². The molecule has 0 aromatic heterocycles. The molecule has 2 unspecified atom stereocenters. The third-order valence-electron chi connectivity index (χ3n) is 4.25. The Morgan fingerprint density at radius 2 is 2.06 bits per heavy atom. The highest BCUT2D eigenvalue weighted by molar-refractivity contribution is 4.90. The summed E-state index contributed by atoms with van der Waals surface area (Å²) >= 11 is 0. The Morgan fingerprint density at radius 3 is 2.69 bits per heavy atom. The Labute approximate surface area is 98.4 Å². The summed E-state index contributed by atoms with van der Waals surface area (Å²) in [7, 11) is 0. The van der Waals surface area contributed by atoms with Gasteiger partial charge in [-0.15, -0.1) is 0 Å². The molecule has 0 aromatic rings. The van der Waals surface area contributed by atoms with Crippen molar-refractivity contribution < 1.29 is 9.84 Å². The van der Waals surface area contributed by atoms with Crippen LogP contribution >= 0.6 is 0 Å². The summed E-state index contributed by atoms with van der Waals surface area (Å²) in [6.45, 7) is 0.978. The molecule has 3 nitrogen and oxygen atoms in total. The van der Waals surface area contributed by atoms with Gasteiger partial charge in [-0.2, -0.15) is 0 Å². The molecule has 2 atom stereocenters. The van der Waals surface area contributed by atoms with Crippen LogP contribution in [-0.4, -0.2) is 30.0 Å². The van der Waals surface area contributed by atoms with Gasteiger partial charge >= 0.3 is 0 Å². The molecular formula is C13H25NO2. The third-order valence-corrected chi connectivity index (χ3v) is 4.25. The quantitative estimate of drug-likeness (QED) is 0.753. The minimum absolute atomic E-state index is 0.0927. The van der Waals surface area contributed by atoms with Crippen LogP contribution in [0.15, 0.2) is 0 Å². The average molecular weight is 227 g/mol. The Kier molecular flexibility index (Phi) is 4.22. The average Bonchev–Trinajstić information content (AvgIpc) is 2.22. The predicted octanol–water partition coefficient (Wildman–Crippen LogP) is 1.83. The molecule has 0 radical (unpaired) electrons. The van der Waals surface area contributed by atoms with E-state index in [0.29, 0.717) is 0 Å². The van der Waals surface area contributed by atoms with Crippen molar-refractivity contribution in [1.82, 2.24) is 0 Å². The molecule has 16 heavy (non-hydrogen) atoms. The Bertz CT molecular complexity index is 218.